The van der Waals surface area contributed by atoms with Crippen LogP contribution in [0.5, 0.6) is 5.75 Å². The van der Waals surface area contributed by atoms with Crippen molar-refractivity contribution in [2.75, 3.05) is 146 Å². The van der Waals surface area contributed by atoms with Gasteiger partial charge in [0.1, 0.15) is 30.5 Å². The molecular formula is C62H88N10O21. The Kier molecular flexibility index (Phi) is 30.6. The van der Waals surface area contributed by atoms with E-state index in [1.54, 1.807) is 32.2 Å². The van der Waals surface area contributed by atoms with Crippen LogP contribution in [0.25, 0.3) is 22.3 Å². The number of rotatable bonds is 44. The van der Waals surface area contributed by atoms with Gasteiger partial charge in [0, 0.05) is 86.9 Å². The van der Waals surface area contributed by atoms with Gasteiger partial charge in [0.15, 0.2) is 5.60 Å². The number of carbonyl (C=O) groups excluding carboxylic acids is 9. The minimum absolute atomic E-state index is 0.00342. The van der Waals surface area contributed by atoms with Gasteiger partial charge in [-0.15, -0.1) is 0 Å². The summed E-state index contributed by atoms with van der Waals surface area (Å²) in [4.78, 5) is 137. The minimum atomic E-state index is -1.98. The minimum Gasteiger partial charge on any atom is -0.458 e. The standard InChI is InChI=1S/C62H88N10O21/c1-7-62(83)46-36-49-55-42(37-72(49)59(80)45(46)39-92-60(62)81)35-43-44(38-70(4)5)50(12-10-47(43)69-55)93-61(82)65-17-16-64-56(77)40(2)66-57(78)41(3)67-58(79)48(68-52(74)9-8-19-71-53(75)14-15-54(71)76)11-13-51(73)63-18-20-85-23-24-87-27-28-89-31-32-91-34-33-90-30-29-88-26-25-86-22-21-84-6/h10,12,14-15,35-36,40-41,48,83H,7-9,11,13,16-34,37-39H2,1-6H3,(H,63,73)(H,64,77)(H,65,82)(H,66,78)(H,67,79)(H,68,74)/t40-,41-,48+,62?/m0/s1. The number of benzene rings is 1. The molecule has 0 spiro atoms. The molecular weight excluding hydrogens is 1220 g/mol. The van der Waals surface area contributed by atoms with Gasteiger partial charge in [0.25, 0.3) is 17.4 Å². The number of cyclic esters (lactones) is 1. The van der Waals surface area contributed by atoms with Gasteiger partial charge in [0.05, 0.1) is 128 Å². The molecule has 1 unspecified atom stereocenters. The summed E-state index contributed by atoms with van der Waals surface area (Å²) in [5, 5.41) is 27.5. The number of methoxy groups -OCH3 is 1. The van der Waals surface area contributed by atoms with Crippen molar-refractivity contribution in [1.82, 2.24) is 51.3 Å². The number of nitrogens with one attached hydrogen (secondary N) is 6. The Hall–Kier alpha value is -7.85. The molecule has 3 aliphatic rings. The summed E-state index contributed by atoms with van der Waals surface area (Å²) in [6.45, 7) is 10.6. The molecule has 0 saturated heterocycles. The second-order valence-corrected chi connectivity index (χ2v) is 22.1. The summed E-state index contributed by atoms with van der Waals surface area (Å²) < 4.78 is 55.6. The molecule has 7 N–H and O–H groups in total. The van der Waals surface area contributed by atoms with Crippen molar-refractivity contribution < 1.29 is 95.6 Å². The fraction of sp³-hybridized carbons (Fsp3) is 0.597. The number of carbonyl (C=O) groups is 9. The smallest absolute Gasteiger partial charge is 0.412 e. The Morgan fingerprint density at radius 2 is 1.26 bits per heavy atom. The Balaban J connectivity index is 0.879. The van der Waals surface area contributed by atoms with Crippen LogP contribution in [0.2, 0.25) is 0 Å². The van der Waals surface area contributed by atoms with E-state index in [2.05, 4.69) is 31.9 Å². The predicted molar refractivity (Wildman–Crippen MR) is 331 cm³/mol. The zero-order valence-corrected chi connectivity index (χ0v) is 53.7. The van der Waals surface area contributed by atoms with Crippen LogP contribution in [-0.4, -0.2) is 242 Å². The first kappa shape index (κ1) is 74.2. The number of fused-ring (bicyclic) bond motifs is 5. The fourth-order valence-electron chi connectivity index (χ4n) is 9.86. The van der Waals surface area contributed by atoms with E-state index in [1.807, 2.05) is 25.1 Å². The number of esters is 1. The number of hydrogen-bond acceptors (Lipinski definition) is 23. The molecule has 5 heterocycles. The lowest BCUT2D eigenvalue weighted by atomic mass is 9.86. The highest BCUT2D eigenvalue weighted by atomic mass is 16.6. The number of ether oxygens (including phenoxy) is 10. The molecule has 31 nitrogen and oxygen atoms in total. The summed E-state index contributed by atoms with van der Waals surface area (Å²) in [5.74, 6) is -4.86. The Bertz CT molecular complexity index is 3140. The van der Waals surface area contributed by atoms with Gasteiger partial charge >= 0.3 is 12.1 Å². The monoisotopic (exact) mass is 1310 g/mol. The van der Waals surface area contributed by atoms with E-state index >= 15 is 0 Å². The molecule has 93 heavy (non-hydrogen) atoms. The van der Waals surface area contributed by atoms with Crippen LogP contribution in [0.1, 0.15) is 75.1 Å². The molecule has 3 aromatic rings. The van der Waals surface area contributed by atoms with E-state index in [9.17, 15) is 53.1 Å². The van der Waals surface area contributed by atoms with Crippen LogP contribution in [0.3, 0.4) is 0 Å². The summed E-state index contributed by atoms with van der Waals surface area (Å²) in [6.07, 6.45) is 0.936. The summed E-state index contributed by atoms with van der Waals surface area (Å²) in [5.41, 5.74) is 0.846. The summed E-state index contributed by atoms with van der Waals surface area (Å²) >= 11 is 0. The van der Waals surface area contributed by atoms with Gasteiger partial charge in [-0.3, -0.25) is 43.3 Å². The third kappa shape index (κ3) is 22.7. The third-order valence-electron chi connectivity index (χ3n) is 14.9. The second-order valence-electron chi connectivity index (χ2n) is 22.1. The van der Waals surface area contributed by atoms with Crippen molar-refractivity contribution in [3.05, 3.63) is 69.0 Å². The van der Waals surface area contributed by atoms with Gasteiger partial charge in [-0.2, -0.15) is 0 Å². The zero-order chi connectivity index (χ0) is 67.3. The molecule has 0 fully saturated rings. The number of hydrogen-bond donors (Lipinski definition) is 7. The molecule has 0 saturated carbocycles. The highest BCUT2D eigenvalue weighted by molar-refractivity contribution is 6.12. The lowest BCUT2D eigenvalue weighted by Gasteiger charge is -2.31. The maximum atomic E-state index is 13.7. The highest BCUT2D eigenvalue weighted by Gasteiger charge is 2.45. The first-order valence-corrected chi connectivity index (χ1v) is 31.0. The van der Waals surface area contributed by atoms with Crippen LogP contribution in [0.15, 0.2) is 41.2 Å². The van der Waals surface area contributed by atoms with E-state index in [0.29, 0.717) is 119 Å². The Morgan fingerprint density at radius 1 is 0.688 bits per heavy atom. The van der Waals surface area contributed by atoms with Crippen LogP contribution in [-0.2, 0) is 106 Å². The fourth-order valence-corrected chi connectivity index (χ4v) is 9.86. The first-order valence-electron chi connectivity index (χ1n) is 31.0. The average Bonchev–Trinajstić information content (AvgIpc) is 1.65. The van der Waals surface area contributed by atoms with Crippen molar-refractivity contribution >= 4 is 64.3 Å². The van der Waals surface area contributed by atoms with Crippen molar-refractivity contribution in [2.45, 2.75) is 96.3 Å². The molecule has 3 aliphatic heterocycles. The zero-order valence-electron chi connectivity index (χ0n) is 53.7. The predicted octanol–water partition coefficient (Wildman–Crippen LogP) is -0.796. The van der Waals surface area contributed by atoms with Gasteiger partial charge in [-0.05, 0) is 71.5 Å². The Labute approximate surface area is 538 Å². The number of pyridine rings is 2. The molecule has 6 rings (SSSR count). The van der Waals surface area contributed by atoms with Crippen LogP contribution >= 0.6 is 0 Å². The van der Waals surface area contributed by atoms with E-state index < -0.39 is 82.7 Å². The van der Waals surface area contributed by atoms with E-state index in [0.717, 1.165) is 17.1 Å². The lowest BCUT2D eigenvalue weighted by Crippen LogP contribution is -2.55. The van der Waals surface area contributed by atoms with Gasteiger partial charge < -0.3 is 93.8 Å². The topological polar surface area (TPSA) is 380 Å². The van der Waals surface area contributed by atoms with E-state index in [-0.39, 0.29) is 108 Å². The molecule has 512 valence electrons. The van der Waals surface area contributed by atoms with Gasteiger partial charge in [-0.25, -0.2) is 14.6 Å². The molecule has 8 amide bonds. The van der Waals surface area contributed by atoms with Crippen LogP contribution in [0, 0.1) is 0 Å². The number of aromatic nitrogens is 2. The molecule has 0 radical (unpaired) electrons. The third-order valence-corrected chi connectivity index (χ3v) is 14.9. The first-order chi connectivity index (χ1) is 44.8. The number of imide groups is 1. The summed E-state index contributed by atoms with van der Waals surface area (Å²) in [6, 6.07) is 3.13. The van der Waals surface area contributed by atoms with E-state index in [1.165, 1.54) is 18.4 Å². The highest BCUT2D eigenvalue weighted by Crippen LogP contribution is 2.40. The lowest BCUT2D eigenvalue weighted by molar-refractivity contribution is -0.172. The normalized spacial score (nSPS) is 15.7. The van der Waals surface area contributed by atoms with Gasteiger partial charge in [-0.1, -0.05) is 6.92 Å². The number of nitrogens with zero attached hydrogens (tertiary/aromatic N) is 4. The molecule has 2 aromatic heterocycles. The second kappa shape index (κ2) is 38.4. The molecule has 0 bridgehead atoms. The van der Waals surface area contributed by atoms with Crippen LogP contribution in [0.4, 0.5) is 4.79 Å². The maximum Gasteiger partial charge on any atom is 0.412 e. The molecule has 1 aromatic carbocycles. The van der Waals surface area contributed by atoms with Gasteiger partial charge in [0.2, 0.25) is 29.5 Å². The van der Waals surface area contributed by atoms with Crippen molar-refractivity contribution in [2.24, 2.45) is 0 Å². The van der Waals surface area contributed by atoms with Crippen molar-refractivity contribution in [1.29, 1.82) is 0 Å². The molecule has 0 aliphatic carbocycles. The SMILES string of the molecule is CCC1(O)C(=O)OCc2c1cc1n(c2=O)Cc2cc3c(CN(C)C)c(OC(=O)NCCNC(=O)[C@H](C)NC(=O)[C@H](C)NC(=O)[C@@H](CCC(=O)NCCOCCOCCOCCOCCOCCOCCOCCOC)NC(=O)CCCN4C(=O)C=CC4=O)ccc3nc2-1. The largest absolute Gasteiger partial charge is 0.458 e. The van der Waals surface area contributed by atoms with E-state index in [4.69, 9.17) is 52.4 Å². The summed E-state index contributed by atoms with van der Waals surface area (Å²) in [7, 11) is 5.30. The number of amides is 8. The maximum absolute atomic E-state index is 13.7. The number of aliphatic hydroxyl groups is 1. The molecule has 31 heteroatoms. The quantitative estimate of drug-likeness (QED) is 0.0162. The van der Waals surface area contributed by atoms with Crippen molar-refractivity contribution in [3.8, 4) is 17.1 Å². The Morgan fingerprint density at radius 3 is 1.85 bits per heavy atom. The molecule has 4 atom stereocenters. The average molecular weight is 1310 g/mol. The van der Waals surface area contributed by atoms with Crippen LogP contribution < -0.4 is 42.2 Å². The van der Waals surface area contributed by atoms with Crippen molar-refractivity contribution in [3.63, 3.8) is 0 Å².